The number of nitrogens with one attached hydrogen (secondary N) is 1. The molecule has 1 amide bonds. The smallest absolute Gasteiger partial charge is 0.337 e. The molecule has 0 saturated heterocycles. The maximum Gasteiger partial charge on any atom is 0.337 e. The summed E-state index contributed by atoms with van der Waals surface area (Å²) in [5, 5.41) is 12.8. The van der Waals surface area contributed by atoms with E-state index in [2.05, 4.69) is 18.3 Å². The summed E-state index contributed by atoms with van der Waals surface area (Å²) in [5.74, 6) is -0.810. The predicted octanol–water partition coefficient (Wildman–Crippen LogP) is 6.33. The molecule has 0 atom stereocenters. The first-order chi connectivity index (χ1) is 15.5. The second-order valence-corrected chi connectivity index (χ2v) is 7.93. The molecular formula is C27H30N2O3. The van der Waals surface area contributed by atoms with E-state index in [1.807, 2.05) is 55.6 Å². The van der Waals surface area contributed by atoms with Gasteiger partial charge < -0.3 is 15.3 Å². The molecule has 0 aliphatic rings. The number of benzene rings is 3. The molecule has 0 unspecified atom stereocenters. The highest BCUT2D eigenvalue weighted by Crippen LogP contribution is 2.32. The van der Waals surface area contributed by atoms with Gasteiger partial charge in [-0.1, -0.05) is 68.3 Å². The van der Waals surface area contributed by atoms with Gasteiger partial charge in [-0.3, -0.25) is 4.79 Å². The van der Waals surface area contributed by atoms with Crippen molar-refractivity contribution >= 4 is 23.3 Å². The number of hydrogen-bond donors (Lipinski definition) is 2. The fraction of sp³-hybridized carbons (Fsp3) is 0.259. The van der Waals surface area contributed by atoms with Crippen LogP contribution in [0.4, 0.5) is 11.4 Å². The lowest BCUT2D eigenvalue weighted by atomic mass is 10.0. The second-order valence-electron chi connectivity index (χ2n) is 7.93. The van der Waals surface area contributed by atoms with Gasteiger partial charge in [0.2, 0.25) is 5.91 Å². The van der Waals surface area contributed by atoms with Crippen LogP contribution in [0.5, 0.6) is 0 Å². The monoisotopic (exact) mass is 430 g/mol. The Morgan fingerprint density at radius 2 is 1.62 bits per heavy atom. The molecule has 3 rings (SSSR count). The van der Waals surface area contributed by atoms with E-state index in [1.165, 1.54) is 0 Å². The van der Waals surface area contributed by atoms with Crippen LogP contribution in [-0.4, -0.2) is 28.9 Å². The molecule has 0 heterocycles. The minimum atomic E-state index is -0.973. The third kappa shape index (κ3) is 5.97. The molecule has 2 N–H and O–H groups in total. The average Bonchev–Trinajstić information content (AvgIpc) is 2.80. The molecule has 0 aliphatic heterocycles. The van der Waals surface area contributed by atoms with Crippen LogP contribution >= 0.6 is 0 Å². The summed E-state index contributed by atoms with van der Waals surface area (Å²) in [4.78, 5) is 25.7. The van der Waals surface area contributed by atoms with Crippen molar-refractivity contribution in [2.24, 2.45) is 0 Å². The Balaban J connectivity index is 1.81. The Labute approximate surface area is 189 Å². The molecule has 0 saturated carbocycles. The van der Waals surface area contributed by atoms with E-state index in [0.717, 1.165) is 41.6 Å². The van der Waals surface area contributed by atoms with Gasteiger partial charge in [-0.25, -0.2) is 4.79 Å². The normalized spacial score (nSPS) is 10.6. The second kappa shape index (κ2) is 11.1. The third-order valence-corrected chi connectivity index (χ3v) is 5.43. The first-order valence-electron chi connectivity index (χ1n) is 11.0. The van der Waals surface area contributed by atoms with Gasteiger partial charge in [0.15, 0.2) is 0 Å². The van der Waals surface area contributed by atoms with Gasteiger partial charge in [0.1, 0.15) is 0 Å². The van der Waals surface area contributed by atoms with E-state index in [1.54, 1.807) is 23.1 Å². The number of hydrogen-bond acceptors (Lipinski definition) is 3. The minimum Gasteiger partial charge on any atom is -0.478 e. The lowest BCUT2D eigenvalue weighted by Gasteiger charge is -2.18. The summed E-state index contributed by atoms with van der Waals surface area (Å²) in [6, 6.07) is 22.8. The topological polar surface area (TPSA) is 69.6 Å². The first kappa shape index (κ1) is 23.1. The molecule has 32 heavy (non-hydrogen) atoms. The number of para-hydroxylation sites is 2. The van der Waals surface area contributed by atoms with Crippen molar-refractivity contribution < 1.29 is 14.7 Å². The fourth-order valence-corrected chi connectivity index (χ4v) is 3.68. The maximum atomic E-state index is 12.4. The number of carbonyl (C=O) groups is 2. The molecule has 0 bridgehead atoms. The van der Waals surface area contributed by atoms with Crippen molar-refractivity contribution in [1.29, 1.82) is 0 Å². The summed E-state index contributed by atoms with van der Waals surface area (Å²) in [6.07, 6.45) is 3.68. The van der Waals surface area contributed by atoms with Crippen molar-refractivity contribution in [1.82, 2.24) is 4.90 Å². The quantitative estimate of drug-likeness (QED) is 0.369. The summed E-state index contributed by atoms with van der Waals surface area (Å²) in [5.41, 5.74) is 4.61. The van der Waals surface area contributed by atoms with Crippen molar-refractivity contribution in [3.05, 3.63) is 83.9 Å². The fourth-order valence-electron chi connectivity index (χ4n) is 3.68. The molecule has 0 fully saturated rings. The minimum absolute atomic E-state index is 0.163. The number of carboxylic acids is 1. The van der Waals surface area contributed by atoms with Crippen LogP contribution in [0, 0.1) is 0 Å². The molecule has 3 aromatic rings. The predicted molar refractivity (Wildman–Crippen MR) is 129 cm³/mol. The average molecular weight is 431 g/mol. The van der Waals surface area contributed by atoms with Gasteiger partial charge in [-0.2, -0.15) is 0 Å². The number of carboxylic acid groups (broad SMARTS) is 1. The molecule has 0 aromatic heterocycles. The summed E-state index contributed by atoms with van der Waals surface area (Å²) < 4.78 is 0. The molecule has 5 heteroatoms. The zero-order valence-corrected chi connectivity index (χ0v) is 18.7. The van der Waals surface area contributed by atoms with Crippen LogP contribution in [0.15, 0.2) is 72.8 Å². The largest absolute Gasteiger partial charge is 0.478 e. The van der Waals surface area contributed by atoms with E-state index in [-0.39, 0.29) is 11.5 Å². The van der Waals surface area contributed by atoms with Gasteiger partial charge in [0.25, 0.3) is 0 Å². The third-order valence-electron chi connectivity index (χ3n) is 5.43. The Hall–Kier alpha value is -3.60. The Morgan fingerprint density at radius 1 is 0.906 bits per heavy atom. The number of carbonyl (C=O) groups excluding carboxylic acids is 1. The Bertz CT molecular complexity index is 1080. The van der Waals surface area contributed by atoms with Gasteiger partial charge in [0, 0.05) is 31.3 Å². The maximum absolute atomic E-state index is 12.4. The number of anilines is 2. The SMILES string of the molecule is CCCCCC(=O)N(C)Cc1cccc(-c2ccccc2Nc2ccccc2C(=O)O)c1. The lowest BCUT2D eigenvalue weighted by Crippen LogP contribution is -2.25. The number of aromatic carboxylic acids is 1. The first-order valence-corrected chi connectivity index (χ1v) is 11.0. The van der Waals surface area contributed by atoms with Gasteiger partial charge >= 0.3 is 5.97 Å². The zero-order valence-electron chi connectivity index (χ0n) is 18.7. The van der Waals surface area contributed by atoms with Crippen LogP contribution < -0.4 is 5.32 Å². The van der Waals surface area contributed by atoms with E-state index >= 15 is 0 Å². The van der Waals surface area contributed by atoms with Crippen molar-refractivity contribution in [3.8, 4) is 11.1 Å². The molecular weight excluding hydrogens is 400 g/mol. The van der Waals surface area contributed by atoms with Crippen LogP contribution in [-0.2, 0) is 11.3 Å². The van der Waals surface area contributed by atoms with Gasteiger partial charge in [-0.15, -0.1) is 0 Å². The molecule has 0 spiro atoms. The standard InChI is InChI=1S/C27H30N2O3/c1-3-4-5-17-26(30)29(2)19-20-11-10-12-21(18-20)22-13-6-8-15-24(22)28-25-16-9-7-14-23(25)27(31)32/h6-16,18,28H,3-5,17,19H2,1-2H3,(H,31,32). The number of unbranched alkanes of at least 4 members (excludes halogenated alkanes) is 2. The van der Waals surface area contributed by atoms with E-state index in [4.69, 9.17) is 0 Å². The number of rotatable bonds is 10. The highest BCUT2D eigenvalue weighted by Gasteiger charge is 2.13. The molecule has 166 valence electrons. The number of nitrogens with zero attached hydrogens (tertiary/aromatic N) is 1. The van der Waals surface area contributed by atoms with E-state index in [0.29, 0.717) is 18.7 Å². The lowest BCUT2D eigenvalue weighted by molar-refractivity contribution is -0.130. The summed E-state index contributed by atoms with van der Waals surface area (Å²) in [6.45, 7) is 2.68. The van der Waals surface area contributed by atoms with Crippen molar-refractivity contribution in [2.75, 3.05) is 12.4 Å². The van der Waals surface area contributed by atoms with E-state index < -0.39 is 5.97 Å². The zero-order chi connectivity index (χ0) is 22.9. The number of amides is 1. The summed E-state index contributed by atoms with van der Waals surface area (Å²) in [7, 11) is 1.85. The highest BCUT2D eigenvalue weighted by molar-refractivity contribution is 5.96. The highest BCUT2D eigenvalue weighted by atomic mass is 16.4. The molecule has 0 aliphatic carbocycles. The molecule has 5 nitrogen and oxygen atoms in total. The summed E-state index contributed by atoms with van der Waals surface area (Å²) >= 11 is 0. The van der Waals surface area contributed by atoms with Crippen LogP contribution in [0.25, 0.3) is 11.1 Å². The van der Waals surface area contributed by atoms with E-state index in [9.17, 15) is 14.7 Å². The van der Waals surface area contributed by atoms with Crippen molar-refractivity contribution in [2.45, 2.75) is 39.2 Å². The van der Waals surface area contributed by atoms with Crippen molar-refractivity contribution in [3.63, 3.8) is 0 Å². The molecule has 0 radical (unpaired) electrons. The Kier molecular flexibility index (Phi) is 8.03. The molecule has 3 aromatic carbocycles. The van der Waals surface area contributed by atoms with Crippen LogP contribution in [0.2, 0.25) is 0 Å². The van der Waals surface area contributed by atoms with Crippen LogP contribution in [0.3, 0.4) is 0 Å². The van der Waals surface area contributed by atoms with Gasteiger partial charge in [0.05, 0.1) is 11.3 Å². The van der Waals surface area contributed by atoms with Gasteiger partial charge in [-0.05, 0) is 41.8 Å². The Morgan fingerprint density at radius 3 is 2.38 bits per heavy atom. The van der Waals surface area contributed by atoms with Crippen LogP contribution in [0.1, 0.15) is 48.5 Å².